The molecule has 3 heterocycles. The van der Waals surface area contributed by atoms with Gasteiger partial charge in [0.05, 0.1) is 13.7 Å². The normalized spacial score (nSPS) is 19.1. The molecule has 1 aromatic heterocycles. The first-order valence-corrected chi connectivity index (χ1v) is 13.8. The maximum absolute atomic E-state index is 13.6. The van der Waals surface area contributed by atoms with Crippen molar-refractivity contribution in [1.29, 1.82) is 0 Å². The molecule has 222 valence electrons. The van der Waals surface area contributed by atoms with Crippen molar-refractivity contribution in [1.82, 2.24) is 10.3 Å². The van der Waals surface area contributed by atoms with Crippen LogP contribution < -0.4 is 15.0 Å². The molecule has 1 N–H and O–H groups in total. The summed E-state index contributed by atoms with van der Waals surface area (Å²) >= 11 is 0. The summed E-state index contributed by atoms with van der Waals surface area (Å²) in [6.07, 6.45) is 0.887. The highest BCUT2D eigenvalue weighted by Gasteiger charge is 2.41. The molecule has 0 radical (unpaired) electrons. The van der Waals surface area contributed by atoms with E-state index in [4.69, 9.17) is 9.47 Å². The number of allylic oxidation sites excluding steroid dienone is 1. The zero-order valence-corrected chi connectivity index (χ0v) is 23.6. The lowest BCUT2D eigenvalue weighted by Crippen LogP contribution is -2.40. The molecule has 2 aromatic rings. The SMILES string of the molecule is CCN(c1cccc2c1C/C=C\C(COC(=O)C(F)(F)F)Cc1cc(C)nc(OC)c1CNC2=O)C1CCOCC1. The third kappa shape index (κ3) is 7.38. The maximum atomic E-state index is 13.6. The Morgan fingerprint density at radius 1 is 1.22 bits per heavy atom. The molecule has 2 aliphatic heterocycles. The highest BCUT2D eigenvalue weighted by molar-refractivity contribution is 5.97. The molecule has 1 atom stereocenters. The molecule has 2 aliphatic rings. The number of alkyl halides is 3. The fourth-order valence-electron chi connectivity index (χ4n) is 5.54. The topological polar surface area (TPSA) is 90.0 Å². The average Bonchev–Trinajstić information content (AvgIpc) is 2.95. The van der Waals surface area contributed by atoms with Crippen LogP contribution in [-0.4, -0.2) is 62.6 Å². The largest absolute Gasteiger partial charge is 0.490 e. The number of hydrogen-bond donors (Lipinski definition) is 1. The number of pyridine rings is 1. The summed E-state index contributed by atoms with van der Waals surface area (Å²) in [6, 6.07) is 7.71. The Morgan fingerprint density at radius 3 is 2.66 bits per heavy atom. The smallest absolute Gasteiger partial charge is 0.481 e. The van der Waals surface area contributed by atoms with E-state index in [1.807, 2.05) is 18.2 Å². The quantitative estimate of drug-likeness (QED) is 0.394. The molecule has 41 heavy (non-hydrogen) atoms. The Balaban J connectivity index is 1.75. The lowest BCUT2D eigenvalue weighted by Gasteiger charge is -2.37. The van der Waals surface area contributed by atoms with Crippen LogP contribution in [0.5, 0.6) is 5.88 Å². The van der Waals surface area contributed by atoms with E-state index in [0.717, 1.165) is 36.2 Å². The molecule has 1 amide bonds. The fraction of sp³-hybridized carbons (Fsp3) is 0.500. The van der Waals surface area contributed by atoms with Gasteiger partial charge in [0.2, 0.25) is 5.88 Å². The standard InChI is InChI=1S/C30H36F3N3O5/c1-4-36(22-11-13-40-14-12-22)26-10-6-9-24-23(26)8-5-7-20(18-41-29(38)30(31,32)33)16-21-15-19(2)35-28(39-3)25(21)17-34-27(24)37/h5-7,9-10,15,20,22H,4,8,11-14,16-18H2,1-3H3,(H,34,37)/b7-5-. The number of hydrogen-bond acceptors (Lipinski definition) is 7. The average molecular weight is 576 g/mol. The van der Waals surface area contributed by atoms with Crippen LogP contribution in [0.15, 0.2) is 36.4 Å². The van der Waals surface area contributed by atoms with Gasteiger partial charge in [-0.15, -0.1) is 0 Å². The minimum absolute atomic E-state index is 0.102. The minimum Gasteiger partial charge on any atom is -0.481 e. The summed E-state index contributed by atoms with van der Waals surface area (Å²) in [7, 11) is 1.47. The predicted octanol–water partition coefficient (Wildman–Crippen LogP) is 4.71. The van der Waals surface area contributed by atoms with Crippen molar-refractivity contribution < 1.29 is 37.0 Å². The van der Waals surface area contributed by atoms with E-state index < -0.39 is 24.7 Å². The Bertz CT molecular complexity index is 1270. The summed E-state index contributed by atoms with van der Waals surface area (Å²) in [6.45, 7) is 5.57. The van der Waals surface area contributed by atoms with Gasteiger partial charge in [-0.05, 0) is 68.9 Å². The van der Waals surface area contributed by atoms with E-state index in [0.29, 0.717) is 42.3 Å². The lowest BCUT2D eigenvalue weighted by molar-refractivity contribution is -0.200. The van der Waals surface area contributed by atoms with Crippen LogP contribution in [0, 0.1) is 12.8 Å². The van der Waals surface area contributed by atoms with Gasteiger partial charge < -0.3 is 24.4 Å². The van der Waals surface area contributed by atoms with E-state index in [9.17, 15) is 22.8 Å². The molecule has 1 unspecified atom stereocenters. The summed E-state index contributed by atoms with van der Waals surface area (Å²) in [5, 5.41) is 3.00. The Morgan fingerprint density at radius 2 is 1.98 bits per heavy atom. The van der Waals surface area contributed by atoms with Gasteiger partial charge in [0.15, 0.2) is 0 Å². The molecule has 0 spiro atoms. The Kier molecular flexibility index (Phi) is 9.90. The monoisotopic (exact) mass is 575 g/mol. The van der Waals surface area contributed by atoms with Gasteiger partial charge in [0.25, 0.3) is 5.91 Å². The zero-order valence-electron chi connectivity index (χ0n) is 23.6. The van der Waals surface area contributed by atoms with Crippen molar-refractivity contribution in [2.24, 2.45) is 5.92 Å². The van der Waals surface area contributed by atoms with Gasteiger partial charge in [-0.3, -0.25) is 4.79 Å². The first-order chi connectivity index (χ1) is 19.6. The van der Waals surface area contributed by atoms with Gasteiger partial charge in [0, 0.05) is 60.8 Å². The summed E-state index contributed by atoms with van der Waals surface area (Å²) in [4.78, 5) is 31.8. The van der Waals surface area contributed by atoms with Crippen molar-refractivity contribution in [2.45, 2.75) is 58.3 Å². The number of halogens is 3. The number of nitrogens with zero attached hydrogens (tertiary/aromatic N) is 2. The number of aryl methyl sites for hydroxylation is 1. The molecule has 4 rings (SSSR count). The van der Waals surface area contributed by atoms with Crippen molar-refractivity contribution in [2.75, 3.05) is 38.4 Å². The summed E-state index contributed by atoms with van der Waals surface area (Å²) in [5.74, 6) is -2.72. The van der Waals surface area contributed by atoms with Crippen LogP contribution in [0.1, 0.15) is 52.5 Å². The number of benzene rings is 1. The number of anilines is 1. The zero-order chi connectivity index (χ0) is 29.6. The molecule has 1 aromatic carbocycles. The molecule has 0 bridgehead atoms. The second kappa shape index (κ2) is 13.4. The molecule has 8 nitrogen and oxygen atoms in total. The number of amides is 1. The van der Waals surface area contributed by atoms with Gasteiger partial charge in [-0.2, -0.15) is 13.2 Å². The number of ether oxygens (including phenoxy) is 3. The third-order valence-electron chi connectivity index (χ3n) is 7.48. The lowest BCUT2D eigenvalue weighted by atomic mass is 9.93. The minimum atomic E-state index is -5.08. The Labute approximate surface area is 237 Å². The molecular formula is C30H36F3N3O5. The molecule has 1 saturated heterocycles. The van der Waals surface area contributed by atoms with Gasteiger partial charge in [-0.25, -0.2) is 9.78 Å². The molecule has 0 aliphatic carbocycles. The first kappa shape index (κ1) is 30.4. The molecule has 0 saturated carbocycles. The van der Waals surface area contributed by atoms with Gasteiger partial charge in [-0.1, -0.05) is 18.2 Å². The van der Waals surface area contributed by atoms with E-state index in [1.54, 1.807) is 25.1 Å². The number of methoxy groups -OCH3 is 1. The molecule has 1 fully saturated rings. The number of esters is 1. The molecular weight excluding hydrogens is 539 g/mol. The van der Waals surface area contributed by atoms with E-state index in [-0.39, 0.29) is 24.9 Å². The highest BCUT2D eigenvalue weighted by Crippen LogP contribution is 2.31. The van der Waals surface area contributed by atoms with Crippen LogP contribution in [0.4, 0.5) is 18.9 Å². The maximum Gasteiger partial charge on any atom is 0.490 e. The van der Waals surface area contributed by atoms with Gasteiger partial charge >= 0.3 is 12.1 Å². The van der Waals surface area contributed by atoms with E-state index >= 15 is 0 Å². The summed E-state index contributed by atoms with van der Waals surface area (Å²) in [5.41, 5.74) is 4.26. The van der Waals surface area contributed by atoms with Crippen LogP contribution in [0.3, 0.4) is 0 Å². The van der Waals surface area contributed by atoms with E-state index in [1.165, 1.54) is 7.11 Å². The summed E-state index contributed by atoms with van der Waals surface area (Å²) < 4.78 is 54.4. The predicted molar refractivity (Wildman–Crippen MR) is 147 cm³/mol. The second-order valence-electron chi connectivity index (χ2n) is 10.2. The van der Waals surface area contributed by atoms with E-state index in [2.05, 4.69) is 26.9 Å². The van der Waals surface area contributed by atoms with Crippen LogP contribution in [0.25, 0.3) is 0 Å². The number of nitrogens with one attached hydrogen (secondary N) is 1. The van der Waals surface area contributed by atoms with Crippen molar-refractivity contribution in [3.8, 4) is 5.88 Å². The van der Waals surface area contributed by atoms with Crippen molar-refractivity contribution >= 4 is 17.6 Å². The number of carbonyl (C=O) groups is 2. The second-order valence-corrected chi connectivity index (χ2v) is 10.2. The third-order valence-corrected chi connectivity index (χ3v) is 7.48. The fourth-order valence-corrected chi connectivity index (χ4v) is 5.54. The first-order valence-electron chi connectivity index (χ1n) is 13.8. The van der Waals surface area contributed by atoms with Crippen LogP contribution in [-0.2, 0) is 33.7 Å². The van der Waals surface area contributed by atoms with Gasteiger partial charge in [0.1, 0.15) is 0 Å². The Hall–Kier alpha value is -3.60. The number of carbonyl (C=O) groups excluding carboxylic acids is 2. The van der Waals surface area contributed by atoms with Crippen molar-refractivity contribution in [3.05, 3.63) is 64.4 Å². The van der Waals surface area contributed by atoms with Crippen molar-refractivity contribution in [3.63, 3.8) is 0 Å². The van der Waals surface area contributed by atoms with Crippen LogP contribution >= 0.6 is 0 Å². The number of aromatic nitrogens is 1. The van der Waals surface area contributed by atoms with Crippen LogP contribution in [0.2, 0.25) is 0 Å². The molecule has 11 heteroatoms. The number of fused-ring (bicyclic) bond motifs is 2. The highest BCUT2D eigenvalue weighted by atomic mass is 19.4. The number of rotatable bonds is 6.